The molecule has 0 fully saturated rings. The predicted octanol–water partition coefficient (Wildman–Crippen LogP) is 3.69. The third-order valence-corrected chi connectivity index (χ3v) is 4.74. The highest BCUT2D eigenvalue weighted by Gasteiger charge is 2.43. The monoisotopic (exact) mass is 429 g/mol. The van der Waals surface area contributed by atoms with Crippen LogP contribution in [0.5, 0.6) is 5.75 Å². The molecule has 3 N–H and O–H groups in total. The Balaban J connectivity index is 2.04. The van der Waals surface area contributed by atoms with Gasteiger partial charge in [-0.2, -0.15) is 23.7 Å². The average molecular weight is 429 g/mol. The summed E-state index contributed by atoms with van der Waals surface area (Å²) in [5.74, 6) is 0.232. The van der Waals surface area contributed by atoms with Crippen LogP contribution in [0.3, 0.4) is 0 Å². The molecule has 0 unspecified atom stereocenters. The number of aliphatic hydroxyl groups excluding tert-OH is 1. The van der Waals surface area contributed by atoms with Crippen molar-refractivity contribution >= 4 is 11.6 Å². The Morgan fingerprint density at radius 2 is 1.94 bits per heavy atom. The molecule has 0 aliphatic carbocycles. The van der Waals surface area contributed by atoms with Gasteiger partial charge in [-0.1, -0.05) is 6.07 Å². The maximum atomic E-state index is 13.0. The van der Waals surface area contributed by atoms with Crippen LogP contribution in [0, 0.1) is 22.8 Å². The molecular weight excluding hydrogens is 411 g/mol. The van der Waals surface area contributed by atoms with Crippen LogP contribution < -0.4 is 15.4 Å². The van der Waals surface area contributed by atoms with Gasteiger partial charge in [0.15, 0.2) is 6.19 Å². The van der Waals surface area contributed by atoms with Crippen molar-refractivity contribution in [2.24, 2.45) is 4.99 Å². The Hall–Kier alpha value is -3.76. The third kappa shape index (κ3) is 4.71. The largest absolute Gasteiger partial charge is 0.485 e. The van der Waals surface area contributed by atoms with Gasteiger partial charge in [0.05, 0.1) is 17.2 Å². The number of hydrogen-bond acceptors (Lipinski definition) is 5. The number of guanidine groups is 1. The molecule has 0 bridgehead atoms. The summed E-state index contributed by atoms with van der Waals surface area (Å²) in [6.45, 7) is 3.30. The van der Waals surface area contributed by atoms with E-state index in [9.17, 15) is 23.5 Å². The molecule has 0 saturated heterocycles. The maximum absolute atomic E-state index is 13.0. The number of nitrogens with zero attached hydrogens (tertiary/aromatic N) is 3. The van der Waals surface area contributed by atoms with Crippen molar-refractivity contribution in [2.75, 3.05) is 5.32 Å². The highest BCUT2D eigenvalue weighted by Crippen LogP contribution is 2.42. The number of benzene rings is 2. The molecule has 10 heteroatoms. The van der Waals surface area contributed by atoms with Crippen LogP contribution in [0.15, 0.2) is 47.5 Å². The van der Waals surface area contributed by atoms with E-state index in [1.807, 2.05) is 6.07 Å². The van der Waals surface area contributed by atoms with Crippen LogP contribution >= 0.6 is 0 Å². The van der Waals surface area contributed by atoms with Crippen LogP contribution in [0.4, 0.5) is 18.9 Å². The van der Waals surface area contributed by atoms with Gasteiger partial charge in [-0.3, -0.25) is 5.32 Å². The summed E-state index contributed by atoms with van der Waals surface area (Å²) in [6, 6.07) is 10.1. The normalized spacial score (nSPS) is 19.9. The number of hydrogen-bond donors (Lipinski definition) is 3. The Morgan fingerprint density at radius 1 is 1.19 bits per heavy atom. The Labute approximate surface area is 176 Å². The molecule has 31 heavy (non-hydrogen) atoms. The van der Waals surface area contributed by atoms with Crippen molar-refractivity contribution in [2.45, 2.75) is 37.8 Å². The van der Waals surface area contributed by atoms with E-state index in [1.54, 1.807) is 32.2 Å². The van der Waals surface area contributed by atoms with Crippen molar-refractivity contribution in [3.63, 3.8) is 0 Å². The van der Waals surface area contributed by atoms with Crippen molar-refractivity contribution in [1.29, 1.82) is 10.5 Å². The van der Waals surface area contributed by atoms with Gasteiger partial charge < -0.3 is 15.2 Å². The minimum atomic E-state index is -4.54. The van der Waals surface area contributed by atoms with Crippen LogP contribution in [-0.4, -0.2) is 22.8 Å². The number of nitrogens with one attached hydrogen (secondary N) is 2. The zero-order valence-corrected chi connectivity index (χ0v) is 16.5. The van der Waals surface area contributed by atoms with Crippen LogP contribution in [0.1, 0.15) is 36.6 Å². The highest BCUT2D eigenvalue weighted by molar-refractivity contribution is 5.94. The van der Waals surface area contributed by atoms with Crippen molar-refractivity contribution in [1.82, 2.24) is 5.32 Å². The van der Waals surface area contributed by atoms with E-state index in [-0.39, 0.29) is 11.6 Å². The zero-order valence-electron chi connectivity index (χ0n) is 16.5. The van der Waals surface area contributed by atoms with Crippen molar-refractivity contribution < 1.29 is 23.0 Å². The maximum Gasteiger partial charge on any atom is 0.416 e. The minimum Gasteiger partial charge on any atom is -0.485 e. The Kier molecular flexibility index (Phi) is 5.78. The number of rotatable bonds is 2. The van der Waals surface area contributed by atoms with Gasteiger partial charge in [-0.25, -0.2) is 4.99 Å². The molecule has 0 radical (unpaired) electrons. The number of alkyl halides is 3. The smallest absolute Gasteiger partial charge is 0.416 e. The van der Waals surface area contributed by atoms with Crippen LogP contribution in [0.2, 0.25) is 0 Å². The average Bonchev–Trinajstić information content (AvgIpc) is 2.70. The summed E-state index contributed by atoms with van der Waals surface area (Å²) >= 11 is 0. The van der Waals surface area contributed by atoms with Crippen molar-refractivity contribution in [3.8, 4) is 18.0 Å². The first kappa shape index (κ1) is 21.9. The number of halogens is 3. The Bertz CT molecular complexity index is 1100. The highest BCUT2D eigenvalue weighted by atomic mass is 19.4. The molecule has 2 atom stereocenters. The second kappa shape index (κ2) is 8.17. The molecule has 2 aromatic rings. The third-order valence-electron chi connectivity index (χ3n) is 4.74. The lowest BCUT2D eigenvalue weighted by Crippen LogP contribution is -2.49. The fourth-order valence-corrected chi connectivity index (χ4v) is 3.17. The molecule has 2 aromatic carbocycles. The Morgan fingerprint density at radius 3 is 2.58 bits per heavy atom. The summed E-state index contributed by atoms with van der Waals surface area (Å²) < 4.78 is 44.8. The SMILES string of the molecule is CC1(C)Oc2ccc(C#N)cc2[C@H](N=C(NC#N)Nc2cccc(C(F)(F)F)c2)[C@H]1O. The standard InChI is InChI=1S/C21H18F3N5O2/c1-20(2)18(30)17(15-8-12(10-25)6-7-16(15)31-20)29-19(27-11-26)28-14-5-3-4-13(9-14)21(22,23)24/h3-9,17-18,30H,1-2H3,(H2,27,28,29)/t17-,18+/m0/s1. The summed E-state index contributed by atoms with van der Waals surface area (Å²) in [7, 11) is 0. The summed E-state index contributed by atoms with van der Waals surface area (Å²) in [5, 5.41) is 34.1. The molecule has 7 nitrogen and oxygen atoms in total. The van der Waals surface area contributed by atoms with E-state index < -0.39 is 29.5 Å². The molecule has 1 aliphatic rings. The number of anilines is 1. The van der Waals surface area contributed by atoms with Crippen molar-refractivity contribution in [3.05, 3.63) is 59.2 Å². The molecule has 0 spiro atoms. The molecular formula is C21H18F3N5O2. The fraction of sp³-hybridized carbons (Fsp3) is 0.286. The lowest BCUT2D eigenvalue weighted by molar-refractivity contribution is -0.137. The molecule has 0 amide bonds. The van der Waals surface area contributed by atoms with E-state index >= 15 is 0 Å². The molecule has 160 valence electrons. The first-order valence-corrected chi connectivity index (χ1v) is 9.13. The fourth-order valence-electron chi connectivity index (χ4n) is 3.17. The summed E-state index contributed by atoms with van der Waals surface area (Å²) in [4.78, 5) is 4.36. The van der Waals surface area contributed by atoms with E-state index in [2.05, 4.69) is 15.6 Å². The molecule has 0 saturated carbocycles. The summed E-state index contributed by atoms with van der Waals surface area (Å²) in [6.07, 6.45) is -4.04. The number of fused-ring (bicyclic) bond motifs is 1. The number of ether oxygens (including phenoxy) is 1. The topological polar surface area (TPSA) is 113 Å². The molecule has 0 aromatic heterocycles. The van der Waals surface area contributed by atoms with E-state index in [4.69, 9.17) is 10.00 Å². The lowest BCUT2D eigenvalue weighted by atomic mass is 9.86. The summed E-state index contributed by atoms with van der Waals surface area (Å²) in [5.41, 5.74) is -1.15. The lowest BCUT2D eigenvalue weighted by Gasteiger charge is -2.40. The van der Waals surface area contributed by atoms with E-state index in [1.165, 1.54) is 18.2 Å². The van der Waals surface area contributed by atoms with Crippen LogP contribution in [-0.2, 0) is 6.18 Å². The van der Waals surface area contributed by atoms with Gasteiger partial charge in [0, 0.05) is 11.3 Å². The second-order valence-electron chi connectivity index (χ2n) is 7.38. The molecule has 1 heterocycles. The number of aliphatic hydroxyl groups is 1. The predicted molar refractivity (Wildman–Crippen MR) is 106 cm³/mol. The number of nitriles is 2. The van der Waals surface area contributed by atoms with E-state index in [0.717, 1.165) is 12.1 Å². The van der Waals surface area contributed by atoms with Gasteiger partial charge in [0.25, 0.3) is 0 Å². The molecule has 3 rings (SSSR count). The minimum absolute atomic E-state index is 0.0446. The second-order valence-corrected chi connectivity index (χ2v) is 7.38. The first-order chi connectivity index (χ1) is 14.5. The van der Waals surface area contributed by atoms with Crippen LogP contribution in [0.25, 0.3) is 0 Å². The number of aliphatic imine (C=N–C) groups is 1. The van der Waals surface area contributed by atoms with Gasteiger partial charge in [-0.15, -0.1) is 0 Å². The molecule has 1 aliphatic heterocycles. The van der Waals surface area contributed by atoms with Gasteiger partial charge in [-0.05, 0) is 50.2 Å². The first-order valence-electron chi connectivity index (χ1n) is 9.13. The van der Waals surface area contributed by atoms with Gasteiger partial charge >= 0.3 is 6.18 Å². The van der Waals surface area contributed by atoms with Gasteiger partial charge in [0.2, 0.25) is 5.96 Å². The van der Waals surface area contributed by atoms with E-state index in [0.29, 0.717) is 16.9 Å². The zero-order chi connectivity index (χ0) is 22.8. The quantitative estimate of drug-likeness (QED) is 0.290. The van der Waals surface area contributed by atoms with Gasteiger partial charge in [0.1, 0.15) is 23.5 Å².